The number of hydrogen-bond acceptors (Lipinski definition) is 39. The molecule has 3 amide bonds. The number of nitrogens with zero attached hydrogens (tertiary/aromatic N) is 4. The molecular formula is C80H117N8O36P-2. The maximum atomic E-state index is 14.2. The Kier molecular flexibility index (Phi) is 38.8. The van der Waals surface area contributed by atoms with Crippen LogP contribution in [0.3, 0.4) is 0 Å². The standard InChI is InChI=1S/C80H119N8O36P/c1-14-18-49(93)47-33-46(88(107)108)24-25-48(47)87-71(85-70(86-87)50(94)28-31-111-37-90)66-61(100)60(99)63(102)76(120-66)118-64-43(8)115-73(54(57(64)96)83-44(9)91)119-65-52(35-113-75-62(101)59(98)56(95)51(34-89)116-75)117-74(55(58(65)97)84-45(10)92)121-67-69(123-78(82)105)80(13,106)68(42(7)81)122-77(67)124-125(109,110)114-36-53(72(103)104)112-32-27-40(5)20-15-16-29-79(11,12)30-26-41(6)23-22-39(4)21-17-19-38(2)3/h16,19,22,24-25,27,29,33,37,43,51-69,73-77,89,95-102,106H,6-7,14-15,17-18,20-21,23,26,28,30-32,34-36,81H2,1-5,8-13H3,(H2,82,105)(H,83,91)(H,84,92)(H,103,104)(H,109,110)/p-2/b29-16+,39-22+,40-27+. The number of nitro benzene ring substituents is 1. The number of aromatic nitrogens is 3. The number of phosphoric acid groups is 1. The van der Waals surface area contributed by atoms with Crippen molar-refractivity contribution < 1.29 is 170 Å². The molecule has 6 heterocycles. The molecule has 5 aliphatic heterocycles. The van der Waals surface area contributed by atoms with Gasteiger partial charge in [0, 0.05) is 44.5 Å². The summed E-state index contributed by atoms with van der Waals surface area (Å²) in [4.78, 5) is 120. The van der Waals surface area contributed by atoms with Crippen LogP contribution in [0.1, 0.15) is 173 Å². The number of carboxylic acids is 1. The van der Waals surface area contributed by atoms with Crippen LogP contribution in [0.25, 0.3) is 5.69 Å². The minimum Gasteiger partial charge on any atom is -0.756 e. The number of carboxylic acid groups (broad SMARTS) is 1. The fourth-order valence-corrected chi connectivity index (χ4v) is 15.1. The van der Waals surface area contributed by atoms with Crippen molar-refractivity contribution in [3.63, 3.8) is 0 Å². The monoisotopic (exact) mass is 1800 g/mol. The quantitative estimate of drug-likeness (QED) is 0.00744. The fraction of sp³-hybridized carbons (Fsp3) is 0.662. The Balaban J connectivity index is 1.17. The molecule has 0 spiro atoms. The molecule has 0 aliphatic carbocycles. The number of phosphoric ester groups is 1. The first-order valence-electron chi connectivity index (χ1n) is 40.4. The van der Waals surface area contributed by atoms with Crippen molar-refractivity contribution in [2.75, 3.05) is 33.0 Å². The number of nitrogens with two attached hydrogens (primary N) is 2. The van der Waals surface area contributed by atoms with E-state index in [9.17, 15) is 109 Å². The summed E-state index contributed by atoms with van der Waals surface area (Å²) >= 11 is 0. The average molecular weight is 1800 g/mol. The first-order valence-corrected chi connectivity index (χ1v) is 41.8. The van der Waals surface area contributed by atoms with Crippen LogP contribution in [0.15, 0.2) is 89.7 Å². The summed E-state index contributed by atoms with van der Waals surface area (Å²) in [7, 11) is -6.09. The van der Waals surface area contributed by atoms with E-state index in [2.05, 4.69) is 91.5 Å². The molecule has 5 saturated heterocycles. The molecule has 1 aromatic heterocycles. The average Bonchev–Trinajstić information content (AvgIpc) is 0.952. The smallest absolute Gasteiger partial charge is 0.404 e. The fourth-order valence-electron chi connectivity index (χ4n) is 14.3. The second kappa shape index (κ2) is 46.7. The van der Waals surface area contributed by atoms with E-state index in [-0.39, 0.29) is 36.0 Å². The van der Waals surface area contributed by atoms with Gasteiger partial charge >= 0.3 is 6.09 Å². The highest BCUT2D eigenvalue weighted by atomic mass is 31.2. The molecule has 45 heteroatoms. The van der Waals surface area contributed by atoms with Gasteiger partial charge in [0.15, 0.2) is 55.3 Å². The summed E-state index contributed by atoms with van der Waals surface area (Å²) in [6.07, 6.45) is -36.1. The van der Waals surface area contributed by atoms with Gasteiger partial charge in [-0.15, -0.1) is 5.10 Å². The molecule has 2 aromatic rings. The van der Waals surface area contributed by atoms with Crippen molar-refractivity contribution in [1.82, 2.24) is 25.4 Å². The molecule has 0 radical (unpaired) electrons. The van der Waals surface area contributed by atoms with E-state index in [1.54, 1.807) is 19.9 Å². The number of hydrogen-bond donors (Lipinski definition) is 14. The summed E-state index contributed by atoms with van der Waals surface area (Å²) in [5.74, 6) is -6.81. The first kappa shape index (κ1) is 104. The topological polar surface area (TPSA) is 664 Å². The lowest BCUT2D eigenvalue weighted by molar-refractivity contribution is -0.384. The highest BCUT2D eigenvalue weighted by Gasteiger charge is 2.61. The molecule has 125 heavy (non-hydrogen) atoms. The number of primary amides is 1. The molecule has 0 bridgehead atoms. The lowest BCUT2D eigenvalue weighted by atomic mass is 9.84. The molecule has 27 atom stereocenters. The predicted molar refractivity (Wildman–Crippen MR) is 426 cm³/mol. The van der Waals surface area contributed by atoms with Gasteiger partial charge in [-0.2, -0.15) is 0 Å². The number of ketones is 2. The normalized spacial score (nSPS) is 31.8. The Morgan fingerprint density at radius 2 is 1.36 bits per heavy atom. The molecule has 27 unspecified atom stereocenters. The number of aliphatic carboxylic acids is 1. The maximum absolute atomic E-state index is 14.2. The van der Waals surface area contributed by atoms with E-state index >= 15 is 0 Å². The third kappa shape index (κ3) is 28.4. The number of amides is 3. The lowest BCUT2D eigenvalue weighted by Gasteiger charge is -2.52. The molecule has 0 saturated carbocycles. The zero-order valence-electron chi connectivity index (χ0n) is 71.1. The summed E-state index contributed by atoms with van der Waals surface area (Å²) in [6, 6.07) is -1.13. The second-order valence-corrected chi connectivity index (χ2v) is 33.6. The van der Waals surface area contributed by atoms with Crippen molar-refractivity contribution in [3.05, 3.63) is 117 Å². The third-order valence-electron chi connectivity index (χ3n) is 21.1. The molecule has 16 N–H and O–H groups in total. The number of nitro groups is 1. The SMILES string of the molecule is C=C(C/C=C(\C)CCC=C(C)C)CCC(C)(C)/C=C/CC/C(C)=C/COC(COP(=O)([O-])OC1OC(C(=C)N)C(C)(O)C(OC(N)=O)C1OC1OC(COC2OC(CO)C(O)C(O)C2O)C(OC2OC(C)C(OC3OC(c4nc(C(=O)CCOC=O)nn4-c4ccc([N+](=O)[O-])cc4C(=O)CCC)C(O)C(O)C3O)C(O)C2NC(C)=O)C(O)C1NC(C)=O)C(=O)[O-]. The molecule has 5 fully saturated rings. The molecule has 7 rings (SSSR count). The van der Waals surface area contributed by atoms with E-state index < -0.39 is 270 Å². The van der Waals surface area contributed by atoms with Gasteiger partial charge in [0.25, 0.3) is 20.0 Å². The number of Topliss-reactive ketones (excluding diaryl/α,β-unsaturated/α-hetero) is 2. The van der Waals surface area contributed by atoms with Gasteiger partial charge in [-0.3, -0.25) is 43.2 Å². The highest BCUT2D eigenvalue weighted by molar-refractivity contribution is 7.45. The number of non-ortho nitro benzene ring substituents is 1. The molecular weight excluding hydrogens is 1680 g/mol. The molecule has 44 nitrogen and oxygen atoms in total. The zero-order valence-corrected chi connectivity index (χ0v) is 72.0. The van der Waals surface area contributed by atoms with Crippen molar-refractivity contribution in [1.29, 1.82) is 0 Å². The van der Waals surface area contributed by atoms with Gasteiger partial charge in [0.2, 0.25) is 23.4 Å². The number of aliphatic hydroxyl groups is 10. The van der Waals surface area contributed by atoms with Crippen molar-refractivity contribution in [2.24, 2.45) is 16.9 Å². The molecule has 1 aromatic carbocycles. The van der Waals surface area contributed by atoms with Crippen LogP contribution >= 0.6 is 7.82 Å². The Morgan fingerprint density at radius 1 is 0.752 bits per heavy atom. The number of aliphatic hydroxyl groups excluding tert-OH is 9. The van der Waals surface area contributed by atoms with Gasteiger partial charge in [-0.25, -0.2) is 14.5 Å². The van der Waals surface area contributed by atoms with Crippen molar-refractivity contribution in [3.8, 4) is 5.69 Å². The van der Waals surface area contributed by atoms with E-state index in [0.717, 1.165) is 86.9 Å². The highest BCUT2D eigenvalue weighted by Crippen LogP contribution is 2.47. The molecule has 700 valence electrons. The Hall–Kier alpha value is -8.20. The van der Waals surface area contributed by atoms with E-state index in [0.29, 0.717) is 12.8 Å². The van der Waals surface area contributed by atoms with Gasteiger partial charge in [0.05, 0.1) is 61.3 Å². The van der Waals surface area contributed by atoms with Gasteiger partial charge < -0.3 is 149 Å². The number of carbonyl (C=O) groups is 7. The number of carbonyl (C=O) groups excluding carboxylic acids is 7. The maximum Gasteiger partial charge on any atom is 0.404 e. The van der Waals surface area contributed by atoms with Gasteiger partial charge in [0.1, 0.15) is 109 Å². The van der Waals surface area contributed by atoms with Gasteiger partial charge in [-0.1, -0.05) is 86.6 Å². The van der Waals surface area contributed by atoms with Crippen LogP contribution < -0.4 is 32.1 Å². The second-order valence-electron chi connectivity index (χ2n) is 32.2. The van der Waals surface area contributed by atoms with Gasteiger partial charge in [-0.05, 0) is 104 Å². The van der Waals surface area contributed by atoms with E-state index in [4.69, 9.17) is 72.6 Å². The summed E-state index contributed by atoms with van der Waals surface area (Å²) < 4.78 is 96.0. The number of ether oxygens (including phenoxy) is 12. The van der Waals surface area contributed by atoms with Crippen molar-refractivity contribution in [2.45, 2.75) is 299 Å². The van der Waals surface area contributed by atoms with Crippen LogP contribution in [-0.2, 0) is 89.6 Å². The number of benzene rings is 1. The van der Waals surface area contributed by atoms with E-state index in [1.807, 2.05) is 6.08 Å². The van der Waals surface area contributed by atoms with E-state index in [1.165, 1.54) is 18.1 Å². The summed E-state index contributed by atoms with van der Waals surface area (Å²) in [5.41, 5.74) is 11.4. The number of rotatable bonds is 46. The minimum absolute atomic E-state index is 0.0524. The Labute approximate surface area is 720 Å². The number of nitrogens with one attached hydrogen (secondary N) is 2. The van der Waals surface area contributed by atoms with Crippen LogP contribution in [0, 0.1) is 15.5 Å². The number of allylic oxidation sites excluding steroid dienone is 8. The predicted octanol–water partition coefficient (Wildman–Crippen LogP) is -0.666. The summed E-state index contributed by atoms with van der Waals surface area (Å²) in [5, 5.41) is 149. The van der Waals surface area contributed by atoms with Crippen LogP contribution in [-0.4, -0.2) is 299 Å². The largest absolute Gasteiger partial charge is 0.756 e. The van der Waals surface area contributed by atoms with Crippen LogP contribution in [0.4, 0.5) is 10.5 Å². The molecule has 5 aliphatic rings. The third-order valence-corrected chi connectivity index (χ3v) is 22.1. The lowest BCUT2D eigenvalue weighted by Crippen LogP contribution is -2.72. The zero-order chi connectivity index (χ0) is 93.0. The van der Waals surface area contributed by atoms with Crippen LogP contribution in [0.5, 0.6) is 0 Å². The summed E-state index contributed by atoms with van der Waals surface area (Å²) in [6.45, 7) is 21.4. The Bertz CT molecular complexity index is 4230. The van der Waals surface area contributed by atoms with Crippen LogP contribution in [0.2, 0.25) is 0 Å². The Morgan fingerprint density at radius 3 is 1.97 bits per heavy atom. The van der Waals surface area contributed by atoms with Crippen molar-refractivity contribution >= 4 is 55.4 Å². The minimum atomic E-state index is -6.09. The first-order chi connectivity index (χ1) is 58.6.